The van der Waals surface area contributed by atoms with Crippen LogP contribution in [0.2, 0.25) is 0 Å². The standard InChI is InChI=1S/C11H9FN2O2/c1-16-11(15)7-5-14-10-6(9(7)13)3-2-4-8(10)12/h2-5H,1H3,(H2,13,14). The maximum Gasteiger partial charge on any atom is 0.341 e. The molecule has 16 heavy (non-hydrogen) atoms. The highest BCUT2D eigenvalue weighted by Gasteiger charge is 2.14. The fourth-order valence-electron chi connectivity index (χ4n) is 1.48. The van der Waals surface area contributed by atoms with Crippen LogP contribution in [0.25, 0.3) is 10.9 Å². The van der Waals surface area contributed by atoms with E-state index in [9.17, 15) is 9.18 Å². The van der Waals surface area contributed by atoms with E-state index in [-0.39, 0.29) is 16.8 Å². The zero-order valence-electron chi connectivity index (χ0n) is 8.53. The molecule has 0 fully saturated rings. The summed E-state index contributed by atoms with van der Waals surface area (Å²) in [4.78, 5) is 15.2. The lowest BCUT2D eigenvalue weighted by molar-refractivity contribution is 0.0601. The van der Waals surface area contributed by atoms with Crippen LogP contribution < -0.4 is 5.73 Å². The van der Waals surface area contributed by atoms with E-state index in [2.05, 4.69) is 9.72 Å². The molecular formula is C11H9FN2O2. The second-order valence-electron chi connectivity index (χ2n) is 3.21. The highest BCUT2D eigenvalue weighted by Crippen LogP contribution is 2.24. The van der Waals surface area contributed by atoms with E-state index < -0.39 is 11.8 Å². The number of hydrogen-bond donors (Lipinski definition) is 1. The molecule has 0 saturated carbocycles. The Bertz CT molecular complexity index is 569. The van der Waals surface area contributed by atoms with Crippen LogP contribution in [0, 0.1) is 5.82 Å². The molecule has 82 valence electrons. The van der Waals surface area contributed by atoms with Gasteiger partial charge in [-0.2, -0.15) is 0 Å². The first kappa shape index (κ1) is 10.4. The quantitative estimate of drug-likeness (QED) is 0.743. The summed E-state index contributed by atoms with van der Waals surface area (Å²) in [6.45, 7) is 0. The Kier molecular flexibility index (Phi) is 2.44. The van der Waals surface area contributed by atoms with Crippen molar-refractivity contribution < 1.29 is 13.9 Å². The molecule has 0 bridgehead atoms. The zero-order valence-corrected chi connectivity index (χ0v) is 8.53. The summed E-state index contributed by atoms with van der Waals surface area (Å²) < 4.78 is 17.9. The van der Waals surface area contributed by atoms with Gasteiger partial charge in [0, 0.05) is 11.6 Å². The van der Waals surface area contributed by atoms with Crippen LogP contribution in [0.15, 0.2) is 24.4 Å². The van der Waals surface area contributed by atoms with Gasteiger partial charge in [0.1, 0.15) is 16.9 Å². The number of nitrogens with two attached hydrogens (primary N) is 1. The van der Waals surface area contributed by atoms with Crippen LogP contribution in [-0.2, 0) is 4.74 Å². The third kappa shape index (κ3) is 1.46. The van der Waals surface area contributed by atoms with Gasteiger partial charge in [0.2, 0.25) is 0 Å². The second kappa shape index (κ2) is 3.77. The molecule has 4 nitrogen and oxygen atoms in total. The number of rotatable bonds is 1. The van der Waals surface area contributed by atoms with Gasteiger partial charge in [0.05, 0.1) is 12.8 Å². The Morgan fingerprint density at radius 1 is 1.50 bits per heavy atom. The number of para-hydroxylation sites is 1. The van der Waals surface area contributed by atoms with Gasteiger partial charge in [-0.1, -0.05) is 12.1 Å². The number of ether oxygens (including phenoxy) is 1. The number of nitrogen functional groups attached to an aromatic ring is 1. The average molecular weight is 220 g/mol. The van der Waals surface area contributed by atoms with Gasteiger partial charge in [-0.3, -0.25) is 4.98 Å². The molecular weight excluding hydrogens is 211 g/mol. The summed E-state index contributed by atoms with van der Waals surface area (Å²) in [5.41, 5.74) is 6.22. The Labute approximate surface area is 90.8 Å². The minimum absolute atomic E-state index is 0.139. The number of halogens is 1. The minimum Gasteiger partial charge on any atom is -0.465 e. The number of fused-ring (bicyclic) bond motifs is 1. The molecule has 0 saturated heterocycles. The fourth-order valence-corrected chi connectivity index (χ4v) is 1.48. The number of esters is 1. The molecule has 1 aromatic carbocycles. The van der Waals surface area contributed by atoms with E-state index in [0.717, 1.165) is 0 Å². The molecule has 0 aliphatic heterocycles. The number of carbonyl (C=O) groups excluding carboxylic acids is 1. The van der Waals surface area contributed by atoms with E-state index in [1.165, 1.54) is 25.4 Å². The molecule has 1 heterocycles. The molecule has 2 rings (SSSR count). The van der Waals surface area contributed by atoms with Crippen molar-refractivity contribution in [1.29, 1.82) is 0 Å². The smallest absolute Gasteiger partial charge is 0.341 e. The van der Waals surface area contributed by atoms with Crippen molar-refractivity contribution in [1.82, 2.24) is 4.98 Å². The number of anilines is 1. The van der Waals surface area contributed by atoms with Gasteiger partial charge in [0.15, 0.2) is 0 Å². The first-order valence-corrected chi connectivity index (χ1v) is 4.56. The van der Waals surface area contributed by atoms with Crippen LogP contribution in [0.1, 0.15) is 10.4 Å². The molecule has 0 unspecified atom stereocenters. The first-order chi connectivity index (χ1) is 7.65. The van der Waals surface area contributed by atoms with Gasteiger partial charge in [0.25, 0.3) is 0 Å². The predicted molar refractivity (Wildman–Crippen MR) is 57.5 cm³/mol. The SMILES string of the molecule is COC(=O)c1cnc2c(F)cccc2c1N. The van der Waals surface area contributed by atoms with Crippen molar-refractivity contribution in [2.75, 3.05) is 12.8 Å². The molecule has 2 N–H and O–H groups in total. The third-order valence-corrected chi connectivity index (χ3v) is 2.30. The summed E-state index contributed by atoms with van der Waals surface area (Å²) in [7, 11) is 1.25. The summed E-state index contributed by atoms with van der Waals surface area (Å²) in [6, 6.07) is 4.40. The number of pyridine rings is 1. The highest BCUT2D eigenvalue weighted by molar-refractivity contribution is 6.03. The van der Waals surface area contributed by atoms with Gasteiger partial charge in [-0.25, -0.2) is 9.18 Å². The van der Waals surface area contributed by atoms with Crippen LogP contribution in [0.5, 0.6) is 0 Å². The number of hydrogen-bond acceptors (Lipinski definition) is 4. The van der Waals surface area contributed by atoms with Gasteiger partial charge >= 0.3 is 5.97 Å². The van der Waals surface area contributed by atoms with Crippen molar-refractivity contribution in [2.45, 2.75) is 0 Å². The fraction of sp³-hybridized carbons (Fsp3) is 0.0909. The predicted octanol–water partition coefficient (Wildman–Crippen LogP) is 1.74. The zero-order chi connectivity index (χ0) is 11.7. The number of aromatic nitrogens is 1. The molecule has 0 atom stereocenters. The van der Waals surface area contributed by atoms with Gasteiger partial charge in [-0.05, 0) is 6.07 Å². The topological polar surface area (TPSA) is 65.2 Å². The van der Waals surface area contributed by atoms with Crippen molar-refractivity contribution in [3.8, 4) is 0 Å². The molecule has 0 aliphatic carbocycles. The summed E-state index contributed by atoms with van der Waals surface area (Å²) in [5.74, 6) is -1.06. The van der Waals surface area contributed by atoms with E-state index in [1.54, 1.807) is 6.07 Å². The van der Waals surface area contributed by atoms with Gasteiger partial charge < -0.3 is 10.5 Å². The second-order valence-corrected chi connectivity index (χ2v) is 3.21. The lowest BCUT2D eigenvalue weighted by atomic mass is 10.1. The van der Waals surface area contributed by atoms with Crippen molar-refractivity contribution in [3.05, 3.63) is 35.8 Å². The summed E-state index contributed by atoms with van der Waals surface area (Å²) in [5, 5.41) is 0.405. The van der Waals surface area contributed by atoms with E-state index >= 15 is 0 Å². The molecule has 0 spiro atoms. The lowest BCUT2D eigenvalue weighted by Gasteiger charge is -2.06. The minimum atomic E-state index is -0.587. The summed E-state index contributed by atoms with van der Waals surface area (Å²) >= 11 is 0. The molecule has 2 aromatic rings. The molecule has 0 aliphatic rings. The van der Waals surface area contributed by atoms with Crippen molar-refractivity contribution >= 4 is 22.6 Å². The van der Waals surface area contributed by atoms with Crippen molar-refractivity contribution in [2.24, 2.45) is 0 Å². The molecule has 0 amide bonds. The Balaban J connectivity index is 2.75. The normalized spacial score (nSPS) is 10.4. The Morgan fingerprint density at radius 2 is 2.25 bits per heavy atom. The number of benzene rings is 1. The molecule has 1 aromatic heterocycles. The van der Waals surface area contributed by atoms with Gasteiger partial charge in [-0.15, -0.1) is 0 Å². The number of methoxy groups -OCH3 is 1. The van der Waals surface area contributed by atoms with E-state index in [0.29, 0.717) is 5.39 Å². The molecule has 0 radical (unpaired) electrons. The monoisotopic (exact) mass is 220 g/mol. The first-order valence-electron chi connectivity index (χ1n) is 4.56. The highest BCUT2D eigenvalue weighted by atomic mass is 19.1. The average Bonchev–Trinajstić information content (AvgIpc) is 2.30. The van der Waals surface area contributed by atoms with Crippen LogP contribution in [0.4, 0.5) is 10.1 Å². The van der Waals surface area contributed by atoms with E-state index in [4.69, 9.17) is 5.73 Å². The van der Waals surface area contributed by atoms with E-state index in [1.807, 2.05) is 0 Å². The summed E-state index contributed by atoms with van der Waals surface area (Å²) in [6.07, 6.45) is 1.21. The number of nitrogens with zero attached hydrogens (tertiary/aromatic N) is 1. The Hall–Kier alpha value is -2.17. The van der Waals surface area contributed by atoms with Crippen molar-refractivity contribution in [3.63, 3.8) is 0 Å². The Morgan fingerprint density at radius 3 is 2.94 bits per heavy atom. The largest absolute Gasteiger partial charge is 0.465 e. The van der Waals surface area contributed by atoms with Crippen LogP contribution >= 0.6 is 0 Å². The van der Waals surface area contributed by atoms with Crippen LogP contribution in [0.3, 0.4) is 0 Å². The maximum absolute atomic E-state index is 13.3. The number of carbonyl (C=O) groups is 1. The van der Waals surface area contributed by atoms with Crippen LogP contribution in [-0.4, -0.2) is 18.1 Å². The maximum atomic E-state index is 13.3. The lowest BCUT2D eigenvalue weighted by Crippen LogP contribution is -2.07. The third-order valence-electron chi connectivity index (χ3n) is 2.30. The molecule has 5 heteroatoms.